The summed E-state index contributed by atoms with van der Waals surface area (Å²) >= 11 is 5.96. The van der Waals surface area contributed by atoms with Crippen LogP contribution in [-0.2, 0) is 23.2 Å². The van der Waals surface area contributed by atoms with Crippen LogP contribution in [0.2, 0.25) is 5.02 Å². The maximum atomic E-state index is 13.2. The summed E-state index contributed by atoms with van der Waals surface area (Å²) in [5, 5.41) is -0.354. The summed E-state index contributed by atoms with van der Waals surface area (Å²) < 4.78 is 80.3. The van der Waals surface area contributed by atoms with Gasteiger partial charge >= 0.3 is 6.18 Å². The van der Waals surface area contributed by atoms with Gasteiger partial charge in [0.15, 0.2) is 0 Å². The van der Waals surface area contributed by atoms with E-state index in [1.54, 1.807) is 36.0 Å². The number of alkyl halides is 3. The number of sulfonamides is 1. The Hall–Kier alpha value is -2.76. The van der Waals surface area contributed by atoms with Gasteiger partial charge in [-0.05, 0) is 35.9 Å². The molecule has 12 heteroatoms. The number of ether oxygens (including phenoxy) is 2. The molecule has 0 saturated heterocycles. The van der Waals surface area contributed by atoms with Crippen LogP contribution in [0.15, 0.2) is 53.7 Å². The lowest BCUT2D eigenvalue weighted by molar-refractivity contribution is -0.137. The lowest BCUT2D eigenvalue weighted by atomic mass is 10.1. The summed E-state index contributed by atoms with van der Waals surface area (Å²) in [5.74, 6) is 1.05. The molecule has 3 rings (SSSR count). The Bertz CT molecular complexity index is 1210. The Morgan fingerprint density at radius 3 is 2.22 bits per heavy atom. The molecule has 0 amide bonds. The van der Waals surface area contributed by atoms with Crippen molar-refractivity contribution < 1.29 is 31.1 Å². The number of nitrogens with one attached hydrogen (secondary N) is 1. The molecule has 0 saturated carbocycles. The van der Waals surface area contributed by atoms with Gasteiger partial charge in [0.1, 0.15) is 28.3 Å². The highest BCUT2D eigenvalue weighted by molar-refractivity contribution is 7.89. The molecule has 0 radical (unpaired) electrons. The largest absolute Gasteiger partial charge is 0.497 e. The first kappa shape index (κ1) is 23.9. The number of hydrogen-bond donors (Lipinski definition) is 1. The maximum absolute atomic E-state index is 13.2. The van der Waals surface area contributed by atoms with Gasteiger partial charge in [-0.2, -0.15) is 17.9 Å². The molecule has 0 aliphatic heterocycles. The van der Waals surface area contributed by atoms with Gasteiger partial charge in [0, 0.05) is 25.5 Å². The van der Waals surface area contributed by atoms with E-state index in [1.807, 2.05) is 0 Å². The third kappa shape index (κ3) is 5.00. The van der Waals surface area contributed by atoms with Crippen molar-refractivity contribution in [3.63, 3.8) is 0 Å². The Morgan fingerprint density at radius 2 is 1.72 bits per heavy atom. The van der Waals surface area contributed by atoms with E-state index in [-0.39, 0.29) is 10.8 Å². The standard InChI is InChI=1S/C20H19ClF3N3O4S/c1-27-7-6-25-19(27)18(12-8-14(30-2)11-15(9-12)31-3)26-32(28,29)17-10-13(20(22,23)24)4-5-16(17)21/h4-11,18,26H,1-3H3/t18-/m0/s1. The van der Waals surface area contributed by atoms with Crippen LogP contribution in [-0.4, -0.2) is 32.2 Å². The van der Waals surface area contributed by atoms with E-state index in [4.69, 9.17) is 21.1 Å². The van der Waals surface area contributed by atoms with Crippen LogP contribution in [0.25, 0.3) is 0 Å². The molecule has 32 heavy (non-hydrogen) atoms. The van der Waals surface area contributed by atoms with Crippen LogP contribution in [0.1, 0.15) is 23.0 Å². The molecular weight excluding hydrogens is 471 g/mol. The fourth-order valence-corrected chi connectivity index (χ4v) is 4.73. The van der Waals surface area contributed by atoms with Crippen molar-refractivity contribution >= 4 is 21.6 Å². The summed E-state index contributed by atoms with van der Waals surface area (Å²) in [6.45, 7) is 0. The topological polar surface area (TPSA) is 82.4 Å². The van der Waals surface area contributed by atoms with Crippen molar-refractivity contribution in [1.82, 2.24) is 14.3 Å². The molecule has 7 nitrogen and oxygen atoms in total. The minimum Gasteiger partial charge on any atom is -0.497 e. The van der Waals surface area contributed by atoms with E-state index in [2.05, 4.69) is 9.71 Å². The third-order valence-electron chi connectivity index (χ3n) is 4.64. The highest BCUT2D eigenvalue weighted by atomic mass is 35.5. The van der Waals surface area contributed by atoms with E-state index in [9.17, 15) is 21.6 Å². The first-order valence-electron chi connectivity index (χ1n) is 9.05. The quantitative estimate of drug-likeness (QED) is 0.538. The maximum Gasteiger partial charge on any atom is 0.416 e. The molecule has 0 aliphatic carbocycles. The molecule has 1 atom stereocenters. The van der Waals surface area contributed by atoms with Crippen LogP contribution < -0.4 is 14.2 Å². The molecule has 0 spiro atoms. The van der Waals surface area contributed by atoms with Gasteiger partial charge < -0.3 is 14.0 Å². The summed E-state index contributed by atoms with van der Waals surface area (Å²) in [6.07, 6.45) is -1.68. The predicted molar refractivity (Wildman–Crippen MR) is 111 cm³/mol. The summed E-state index contributed by atoms with van der Waals surface area (Å²) in [7, 11) is -0.00596. The second kappa shape index (κ2) is 9.00. The molecule has 0 fully saturated rings. The van der Waals surface area contributed by atoms with Gasteiger partial charge in [-0.25, -0.2) is 13.4 Å². The molecule has 2 aromatic carbocycles. The Kier molecular flexibility index (Phi) is 6.72. The minimum atomic E-state index is -4.74. The van der Waals surface area contributed by atoms with Gasteiger partial charge in [-0.15, -0.1) is 0 Å². The fraction of sp³-hybridized carbons (Fsp3) is 0.250. The zero-order chi connectivity index (χ0) is 23.7. The zero-order valence-corrected chi connectivity index (χ0v) is 18.7. The predicted octanol–water partition coefficient (Wildman–Crippen LogP) is 4.18. The van der Waals surface area contributed by atoms with E-state index < -0.39 is 32.7 Å². The van der Waals surface area contributed by atoms with Gasteiger partial charge in [-0.3, -0.25) is 0 Å². The summed E-state index contributed by atoms with van der Waals surface area (Å²) in [4.78, 5) is 3.50. The van der Waals surface area contributed by atoms with Gasteiger partial charge in [0.05, 0.1) is 24.8 Å². The Balaban J connectivity index is 2.14. The van der Waals surface area contributed by atoms with Crippen LogP contribution in [0.4, 0.5) is 13.2 Å². The number of aryl methyl sites for hydroxylation is 1. The van der Waals surface area contributed by atoms with Crippen LogP contribution in [0.3, 0.4) is 0 Å². The second-order valence-electron chi connectivity index (χ2n) is 6.74. The first-order chi connectivity index (χ1) is 15.0. The normalized spacial score (nSPS) is 13.1. The number of halogens is 4. The zero-order valence-electron chi connectivity index (χ0n) is 17.1. The van der Waals surface area contributed by atoms with Crippen molar-refractivity contribution in [3.8, 4) is 11.5 Å². The number of rotatable bonds is 7. The van der Waals surface area contributed by atoms with Crippen molar-refractivity contribution in [3.05, 3.63) is 70.8 Å². The smallest absolute Gasteiger partial charge is 0.416 e. The molecule has 0 unspecified atom stereocenters. The second-order valence-corrected chi connectivity index (χ2v) is 8.83. The summed E-state index contributed by atoms with van der Waals surface area (Å²) in [6, 6.07) is 5.74. The van der Waals surface area contributed by atoms with Gasteiger partial charge in [0.25, 0.3) is 0 Å². The average molecular weight is 490 g/mol. The molecule has 1 heterocycles. The molecule has 1 aromatic heterocycles. The summed E-state index contributed by atoms with van der Waals surface area (Å²) in [5.41, 5.74) is -0.749. The van der Waals surface area contributed by atoms with E-state index >= 15 is 0 Å². The van der Waals surface area contributed by atoms with Crippen molar-refractivity contribution in [1.29, 1.82) is 0 Å². The SMILES string of the molecule is COc1cc(OC)cc([C@H](NS(=O)(=O)c2cc(C(F)(F)F)ccc2Cl)c2nccn2C)c1. The third-order valence-corrected chi connectivity index (χ3v) is 6.55. The fourth-order valence-electron chi connectivity index (χ4n) is 3.03. The van der Waals surface area contributed by atoms with Crippen LogP contribution in [0, 0.1) is 0 Å². The number of methoxy groups -OCH3 is 2. The highest BCUT2D eigenvalue weighted by Gasteiger charge is 2.34. The van der Waals surface area contributed by atoms with Gasteiger partial charge in [0.2, 0.25) is 10.0 Å². The Labute approximate surface area is 187 Å². The number of imidazole rings is 1. The highest BCUT2D eigenvalue weighted by Crippen LogP contribution is 2.35. The molecule has 172 valence electrons. The molecule has 3 aromatic rings. The Morgan fingerprint density at radius 1 is 1.09 bits per heavy atom. The number of nitrogens with zero attached hydrogens (tertiary/aromatic N) is 2. The van der Waals surface area contributed by atoms with Gasteiger partial charge in [-0.1, -0.05) is 11.6 Å². The lowest BCUT2D eigenvalue weighted by Crippen LogP contribution is -2.31. The molecule has 0 aliphatic rings. The number of aromatic nitrogens is 2. The monoisotopic (exact) mass is 489 g/mol. The number of benzene rings is 2. The van der Waals surface area contributed by atoms with Crippen molar-refractivity contribution in [2.24, 2.45) is 7.05 Å². The average Bonchev–Trinajstić information content (AvgIpc) is 3.16. The van der Waals surface area contributed by atoms with Crippen LogP contribution >= 0.6 is 11.6 Å². The van der Waals surface area contributed by atoms with Crippen molar-refractivity contribution in [2.45, 2.75) is 17.1 Å². The van der Waals surface area contributed by atoms with E-state index in [1.165, 1.54) is 20.4 Å². The van der Waals surface area contributed by atoms with E-state index in [0.29, 0.717) is 29.2 Å². The minimum absolute atomic E-state index is 0.284. The first-order valence-corrected chi connectivity index (χ1v) is 10.9. The molecule has 1 N–H and O–H groups in total. The molecule has 0 bridgehead atoms. The van der Waals surface area contributed by atoms with E-state index in [0.717, 1.165) is 6.07 Å². The molecular formula is C20H19ClF3N3O4S. The van der Waals surface area contributed by atoms with Crippen LogP contribution in [0.5, 0.6) is 11.5 Å². The number of hydrogen-bond acceptors (Lipinski definition) is 5. The van der Waals surface area contributed by atoms with Crippen molar-refractivity contribution in [2.75, 3.05) is 14.2 Å². The lowest BCUT2D eigenvalue weighted by Gasteiger charge is -2.21.